The molecule has 8 heteroatoms. The first kappa shape index (κ1) is 15.0. The Morgan fingerprint density at radius 2 is 2.09 bits per heavy atom. The van der Waals surface area contributed by atoms with Crippen LogP contribution in [0.3, 0.4) is 0 Å². The van der Waals surface area contributed by atoms with Crippen molar-refractivity contribution in [3.05, 3.63) is 22.4 Å². The highest BCUT2D eigenvalue weighted by Gasteiger charge is 2.50. The van der Waals surface area contributed by atoms with Gasteiger partial charge in [-0.1, -0.05) is 6.07 Å². The number of hydrogen-bond donors (Lipinski definition) is 2. The van der Waals surface area contributed by atoms with Crippen LogP contribution in [0.15, 0.2) is 17.5 Å². The van der Waals surface area contributed by atoms with E-state index in [1.165, 1.54) is 11.3 Å². The Kier molecular flexibility index (Phi) is 3.88. The topological polar surface area (TPSA) is 81.8 Å². The summed E-state index contributed by atoms with van der Waals surface area (Å²) in [6.07, 6.45) is 0. The monoisotopic (exact) mass is 322 g/mol. The molecule has 2 saturated heterocycles. The number of nitrogens with one attached hydrogen (secondary N) is 2. The summed E-state index contributed by atoms with van der Waals surface area (Å²) in [6.45, 7) is 4.15. The van der Waals surface area contributed by atoms with Gasteiger partial charge in [0.1, 0.15) is 6.54 Å². The minimum absolute atomic E-state index is 0.194. The summed E-state index contributed by atoms with van der Waals surface area (Å²) < 4.78 is 0. The average molecular weight is 322 g/mol. The second-order valence-corrected chi connectivity index (χ2v) is 6.50. The van der Waals surface area contributed by atoms with Crippen molar-refractivity contribution < 1.29 is 14.4 Å². The molecule has 3 rings (SSSR count). The Bertz CT molecular complexity index is 597. The Balaban J connectivity index is 1.73. The highest BCUT2D eigenvalue weighted by molar-refractivity contribution is 7.10. The van der Waals surface area contributed by atoms with E-state index >= 15 is 0 Å². The Hall–Kier alpha value is -1.93. The van der Waals surface area contributed by atoms with Crippen LogP contribution in [0.2, 0.25) is 0 Å². The molecule has 7 nitrogen and oxygen atoms in total. The van der Waals surface area contributed by atoms with Crippen LogP contribution in [-0.2, 0) is 15.1 Å². The first-order chi connectivity index (χ1) is 10.5. The van der Waals surface area contributed by atoms with Crippen molar-refractivity contribution in [2.24, 2.45) is 0 Å². The first-order valence-electron chi connectivity index (χ1n) is 7.19. The third-order valence-corrected chi connectivity index (χ3v) is 5.14. The van der Waals surface area contributed by atoms with Gasteiger partial charge in [0.25, 0.3) is 5.91 Å². The summed E-state index contributed by atoms with van der Waals surface area (Å²) in [7, 11) is 0. The van der Waals surface area contributed by atoms with Gasteiger partial charge in [-0.2, -0.15) is 0 Å². The fourth-order valence-electron chi connectivity index (χ4n) is 2.72. The van der Waals surface area contributed by atoms with Crippen LogP contribution >= 0.6 is 11.3 Å². The van der Waals surface area contributed by atoms with Crippen molar-refractivity contribution in [1.29, 1.82) is 0 Å². The lowest BCUT2D eigenvalue weighted by Gasteiger charge is -2.28. The van der Waals surface area contributed by atoms with Crippen molar-refractivity contribution >= 4 is 29.2 Å². The van der Waals surface area contributed by atoms with E-state index in [0.717, 1.165) is 22.9 Å². The largest absolute Gasteiger partial charge is 0.339 e. The molecule has 0 spiro atoms. The number of piperazine rings is 1. The average Bonchev–Trinajstić information content (AvgIpc) is 3.13. The van der Waals surface area contributed by atoms with Gasteiger partial charge in [0.05, 0.1) is 0 Å². The van der Waals surface area contributed by atoms with Crippen molar-refractivity contribution in [1.82, 2.24) is 20.4 Å². The second kappa shape index (κ2) is 5.69. The van der Waals surface area contributed by atoms with Crippen molar-refractivity contribution in [3.8, 4) is 0 Å². The number of amides is 4. The molecule has 2 aliphatic rings. The minimum Gasteiger partial charge on any atom is -0.339 e. The summed E-state index contributed by atoms with van der Waals surface area (Å²) in [4.78, 5) is 40.5. The Labute approximate surface area is 132 Å². The van der Waals surface area contributed by atoms with E-state index in [0.29, 0.717) is 13.1 Å². The lowest BCUT2D eigenvalue weighted by Crippen LogP contribution is -2.50. The molecule has 1 unspecified atom stereocenters. The van der Waals surface area contributed by atoms with E-state index in [9.17, 15) is 14.4 Å². The van der Waals surface area contributed by atoms with Gasteiger partial charge in [-0.05, 0) is 18.4 Å². The summed E-state index contributed by atoms with van der Waals surface area (Å²) in [5.74, 6) is -0.566. The number of thiophene rings is 1. The van der Waals surface area contributed by atoms with E-state index in [1.807, 2.05) is 17.5 Å². The van der Waals surface area contributed by atoms with Crippen molar-refractivity contribution in [3.63, 3.8) is 0 Å². The molecule has 0 aromatic carbocycles. The molecular weight excluding hydrogens is 304 g/mol. The number of hydrogen-bond acceptors (Lipinski definition) is 5. The van der Waals surface area contributed by atoms with Crippen LogP contribution in [0.1, 0.15) is 11.8 Å². The predicted molar refractivity (Wildman–Crippen MR) is 81.4 cm³/mol. The fraction of sp³-hybridized carbons (Fsp3) is 0.500. The molecule has 118 valence electrons. The Morgan fingerprint density at radius 1 is 1.36 bits per heavy atom. The number of urea groups is 1. The molecule has 0 bridgehead atoms. The van der Waals surface area contributed by atoms with Crippen molar-refractivity contribution in [2.45, 2.75) is 12.5 Å². The van der Waals surface area contributed by atoms with Gasteiger partial charge in [0, 0.05) is 31.1 Å². The molecular formula is C14H18N4O3S. The molecule has 1 aromatic rings. The smallest absolute Gasteiger partial charge is 0.325 e. The number of carbonyl (C=O) groups is 3. The summed E-state index contributed by atoms with van der Waals surface area (Å²) in [5, 5.41) is 7.72. The molecule has 1 aromatic heterocycles. The van der Waals surface area contributed by atoms with Crippen LogP contribution in [-0.4, -0.2) is 60.4 Å². The Morgan fingerprint density at radius 3 is 2.73 bits per heavy atom. The van der Waals surface area contributed by atoms with E-state index in [2.05, 4.69) is 10.6 Å². The zero-order valence-corrected chi connectivity index (χ0v) is 13.1. The number of nitrogens with zero attached hydrogens (tertiary/aromatic N) is 2. The third-order valence-electron chi connectivity index (χ3n) is 4.05. The zero-order valence-electron chi connectivity index (χ0n) is 12.3. The molecule has 1 atom stereocenters. The zero-order chi connectivity index (χ0) is 15.7. The summed E-state index contributed by atoms with van der Waals surface area (Å²) >= 11 is 1.41. The van der Waals surface area contributed by atoms with Gasteiger partial charge in [-0.3, -0.25) is 14.5 Å². The van der Waals surface area contributed by atoms with E-state index in [4.69, 9.17) is 0 Å². The van der Waals surface area contributed by atoms with Crippen LogP contribution in [0, 0.1) is 0 Å². The summed E-state index contributed by atoms with van der Waals surface area (Å²) in [6, 6.07) is 3.13. The van der Waals surface area contributed by atoms with Gasteiger partial charge in [-0.25, -0.2) is 4.79 Å². The SMILES string of the molecule is CC1(c2cccs2)NC(=O)N(CC(=O)N2CCNCC2)C1=O. The second-order valence-electron chi connectivity index (χ2n) is 5.55. The van der Waals surface area contributed by atoms with Crippen molar-refractivity contribution in [2.75, 3.05) is 32.7 Å². The van der Waals surface area contributed by atoms with Gasteiger partial charge in [0.2, 0.25) is 5.91 Å². The maximum absolute atomic E-state index is 12.6. The van der Waals surface area contributed by atoms with Gasteiger partial charge in [0.15, 0.2) is 5.54 Å². The van der Waals surface area contributed by atoms with Gasteiger partial charge in [-0.15, -0.1) is 11.3 Å². The molecule has 4 amide bonds. The molecule has 2 aliphatic heterocycles. The van der Waals surface area contributed by atoms with Crippen LogP contribution in [0.4, 0.5) is 4.79 Å². The standard InChI is InChI=1S/C14H18N4O3S/c1-14(10-3-2-8-22-10)12(20)18(13(21)16-14)9-11(19)17-6-4-15-5-7-17/h2-3,8,15H,4-7,9H2,1H3,(H,16,21). The van der Waals surface area contributed by atoms with Crippen LogP contribution in [0.25, 0.3) is 0 Å². The molecule has 2 N–H and O–H groups in total. The molecule has 0 radical (unpaired) electrons. The highest BCUT2D eigenvalue weighted by Crippen LogP contribution is 2.31. The third kappa shape index (κ3) is 2.48. The molecule has 2 fully saturated rings. The quantitative estimate of drug-likeness (QED) is 0.764. The van der Waals surface area contributed by atoms with E-state index in [1.54, 1.807) is 11.8 Å². The lowest BCUT2D eigenvalue weighted by molar-refractivity contribution is -0.139. The number of imide groups is 1. The van der Waals surface area contributed by atoms with E-state index < -0.39 is 11.6 Å². The normalized spacial score (nSPS) is 25.5. The minimum atomic E-state index is -1.07. The number of rotatable bonds is 3. The molecule has 0 aliphatic carbocycles. The molecule has 22 heavy (non-hydrogen) atoms. The first-order valence-corrected chi connectivity index (χ1v) is 8.07. The maximum Gasteiger partial charge on any atom is 0.325 e. The maximum atomic E-state index is 12.6. The van der Waals surface area contributed by atoms with Crippen LogP contribution in [0.5, 0.6) is 0 Å². The van der Waals surface area contributed by atoms with Gasteiger partial charge >= 0.3 is 6.03 Å². The number of carbonyl (C=O) groups excluding carboxylic acids is 3. The van der Waals surface area contributed by atoms with Gasteiger partial charge < -0.3 is 15.5 Å². The predicted octanol–water partition coefficient (Wildman–Crippen LogP) is -0.0531. The molecule has 0 saturated carbocycles. The van der Waals surface area contributed by atoms with Crippen LogP contribution < -0.4 is 10.6 Å². The molecule has 3 heterocycles. The summed E-state index contributed by atoms with van der Waals surface area (Å²) in [5.41, 5.74) is -1.07. The fourth-order valence-corrected chi connectivity index (χ4v) is 3.56. The lowest BCUT2D eigenvalue weighted by atomic mass is 10.0. The van der Waals surface area contributed by atoms with E-state index in [-0.39, 0.29) is 18.4 Å². The highest BCUT2D eigenvalue weighted by atomic mass is 32.1.